The first-order chi connectivity index (χ1) is 12.6. The van der Waals surface area contributed by atoms with Gasteiger partial charge in [-0.25, -0.2) is 9.78 Å². The average molecular weight is 355 g/mol. The van der Waals surface area contributed by atoms with Crippen LogP contribution in [0.25, 0.3) is 0 Å². The van der Waals surface area contributed by atoms with Crippen LogP contribution >= 0.6 is 0 Å². The SMILES string of the molecule is O=C1NC(=O)[C@@](c2ccccn2)(C2CCN(C(=O)c3ncn[nH]3)CC2)N1. The maximum atomic E-state index is 12.7. The molecule has 0 saturated carbocycles. The van der Waals surface area contributed by atoms with Gasteiger partial charge in [0.2, 0.25) is 5.82 Å². The van der Waals surface area contributed by atoms with Gasteiger partial charge in [-0.3, -0.25) is 25.0 Å². The van der Waals surface area contributed by atoms with Gasteiger partial charge in [0, 0.05) is 25.2 Å². The van der Waals surface area contributed by atoms with Crippen LogP contribution in [-0.4, -0.2) is 56.0 Å². The van der Waals surface area contributed by atoms with E-state index in [-0.39, 0.29) is 17.6 Å². The molecule has 0 spiro atoms. The van der Waals surface area contributed by atoms with Gasteiger partial charge in [-0.15, -0.1) is 0 Å². The van der Waals surface area contributed by atoms with E-state index >= 15 is 0 Å². The van der Waals surface area contributed by atoms with E-state index in [1.54, 1.807) is 29.3 Å². The Labute approximate surface area is 148 Å². The molecule has 0 aliphatic carbocycles. The Bertz CT molecular complexity index is 831. The van der Waals surface area contributed by atoms with Crippen LogP contribution in [0.3, 0.4) is 0 Å². The van der Waals surface area contributed by atoms with Gasteiger partial charge in [0.1, 0.15) is 6.33 Å². The lowest BCUT2D eigenvalue weighted by Crippen LogP contribution is -2.54. The number of nitrogens with one attached hydrogen (secondary N) is 3. The molecule has 2 aliphatic heterocycles. The van der Waals surface area contributed by atoms with Crippen LogP contribution in [0.2, 0.25) is 0 Å². The summed E-state index contributed by atoms with van der Waals surface area (Å²) in [7, 11) is 0. The highest BCUT2D eigenvalue weighted by molar-refractivity contribution is 6.07. The summed E-state index contributed by atoms with van der Waals surface area (Å²) >= 11 is 0. The lowest BCUT2D eigenvalue weighted by atomic mass is 9.75. The standard InChI is InChI=1S/C16H17N7O3/c24-13(12-18-9-19-22-12)23-7-4-10(5-8-23)16(11-3-1-2-6-17-11)14(25)20-15(26)21-16/h1-3,6,9-10H,4-5,7-8H2,(H,18,19,22)(H2,20,21,25,26)/t16-/m0/s1. The third-order valence-electron chi connectivity index (χ3n) is 4.98. The van der Waals surface area contributed by atoms with Crippen LogP contribution in [0.5, 0.6) is 0 Å². The molecular weight excluding hydrogens is 338 g/mol. The minimum atomic E-state index is -1.21. The fourth-order valence-corrected chi connectivity index (χ4v) is 3.72. The summed E-state index contributed by atoms with van der Waals surface area (Å²) in [6.07, 6.45) is 3.97. The van der Waals surface area contributed by atoms with E-state index in [2.05, 4.69) is 30.8 Å². The summed E-state index contributed by atoms with van der Waals surface area (Å²) in [5.41, 5.74) is -0.706. The van der Waals surface area contributed by atoms with Crippen molar-refractivity contribution < 1.29 is 14.4 Å². The number of pyridine rings is 1. The molecule has 0 bridgehead atoms. The number of hydrogen-bond acceptors (Lipinski definition) is 6. The summed E-state index contributed by atoms with van der Waals surface area (Å²) in [4.78, 5) is 46.8. The van der Waals surface area contributed by atoms with E-state index in [0.29, 0.717) is 31.6 Å². The molecule has 1 atom stereocenters. The number of piperidine rings is 1. The average Bonchev–Trinajstić information content (AvgIpc) is 3.30. The van der Waals surface area contributed by atoms with E-state index < -0.39 is 17.5 Å². The molecule has 4 heterocycles. The first-order valence-electron chi connectivity index (χ1n) is 8.31. The van der Waals surface area contributed by atoms with Gasteiger partial charge < -0.3 is 10.2 Å². The van der Waals surface area contributed by atoms with Crippen molar-refractivity contribution >= 4 is 17.8 Å². The molecule has 4 rings (SSSR count). The number of urea groups is 1. The van der Waals surface area contributed by atoms with Gasteiger partial charge in [0.05, 0.1) is 5.69 Å². The van der Waals surface area contributed by atoms with Crippen molar-refractivity contribution in [3.05, 3.63) is 42.2 Å². The van der Waals surface area contributed by atoms with E-state index in [1.807, 2.05) is 0 Å². The van der Waals surface area contributed by atoms with Crippen molar-refractivity contribution in [3.8, 4) is 0 Å². The van der Waals surface area contributed by atoms with Crippen molar-refractivity contribution in [2.45, 2.75) is 18.4 Å². The number of rotatable bonds is 3. The lowest BCUT2D eigenvalue weighted by molar-refractivity contribution is -0.127. The first-order valence-corrected chi connectivity index (χ1v) is 8.31. The third kappa shape index (κ3) is 2.50. The molecule has 2 saturated heterocycles. The van der Waals surface area contributed by atoms with Crippen molar-refractivity contribution in [1.82, 2.24) is 35.7 Å². The van der Waals surface area contributed by atoms with Crippen molar-refractivity contribution in [2.24, 2.45) is 5.92 Å². The summed E-state index contributed by atoms with van der Waals surface area (Å²) in [5.74, 6) is -0.619. The fourth-order valence-electron chi connectivity index (χ4n) is 3.72. The van der Waals surface area contributed by atoms with Crippen LogP contribution in [0.1, 0.15) is 29.2 Å². The van der Waals surface area contributed by atoms with E-state index in [4.69, 9.17) is 0 Å². The predicted molar refractivity (Wildman–Crippen MR) is 87.6 cm³/mol. The summed E-state index contributed by atoms with van der Waals surface area (Å²) in [5, 5.41) is 11.4. The number of carbonyl (C=O) groups is 3. The van der Waals surface area contributed by atoms with Gasteiger partial charge in [-0.05, 0) is 25.0 Å². The summed E-state index contributed by atoms with van der Waals surface area (Å²) < 4.78 is 0. The molecule has 0 aromatic carbocycles. The lowest BCUT2D eigenvalue weighted by Gasteiger charge is -2.39. The second-order valence-electron chi connectivity index (χ2n) is 6.33. The molecule has 10 nitrogen and oxygen atoms in total. The van der Waals surface area contributed by atoms with Crippen molar-refractivity contribution in [3.63, 3.8) is 0 Å². The van der Waals surface area contributed by atoms with Crippen LogP contribution in [0.15, 0.2) is 30.7 Å². The molecule has 0 radical (unpaired) electrons. The fraction of sp³-hybridized carbons (Fsp3) is 0.375. The molecule has 0 unspecified atom stereocenters. The Morgan fingerprint density at radius 3 is 2.58 bits per heavy atom. The Balaban J connectivity index is 1.57. The van der Waals surface area contributed by atoms with E-state index in [0.717, 1.165) is 0 Å². The maximum absolute atomic E-state index is 12.7. The van der Waals surface area contributed by atoms with Crippen molar-refractivity contribution in [1.29, 1.82) is 0 Å². The summed E-state index contributed by atoms with van der Waals surface area (Å²) in [6.45, 7) is 0.893. The number of likely N-dealkylation sites (tertiary alicyclic amines) is 1. The molecule has 134 valence electrons. The normalized spacial score (nSPS) is 23.6. The first kappa shape index (κ1) is 16.2. The van der Waals surface area contributed by atoms with Crippen molar-refractivity contribution in [2.75, 3.05) is 13.1 Å². The number of carbonyl (C=O) groups excluding carboxylic acids is 3. The van der Waals surface area contributed by atoms with Gasteiger partial charge in [-0.2, -0.15) is 5.10 Å². The van der Waals surface area contributed by atoms with Gasteiger partial charge in [-0.1, -0.05) is 6.07 Å². The molecule has 4 amide bonds. The number of aromatic amines is 1. The van der Waals surface area contributed by atoms with Crippen LogP contribution in [-0.2, 0) is 10.3 Å². The van der Waals surface area contributed by atoms with Crippen LogP contribution in [0.4, 0.5) is 4.79 Å². The molecule has 2 aromatic heterocycles. The van der Waals surface area contributed by atoms with Gasteiger partial charge in [0.15, 0.2) is 5.54 Å². The monoisotopic (exact) mass is 355 g/mol. The van der Waals surface area contributed by atoms with Gasteiger partial charge in [0.25, 0.3) is 11.8 Å². The molecular formula is C16H17N7O3. The summed E-state index contributed by atoms with van der Waals surface area (Å²) in [6, 6.07) is 4.74. The minimum Gasteiger partial charge on any atom is -0.336 e. The Hall–Kier alpha value is -3.30. The topological polar surface area (TPSA) is 133 Å². The Morgan fingerprint density at radius 2 is 2.00 bits per heavy atom. The zero-order valence-corrected chi connectivity index (χ0v) is 13.8. The van der Waals surface area contributed by atoms with E-state index in [1.165, 1.54) is 6.33 Å². The molecule has 26 heavy (non-hydrogen) atoms. The Morgan fingerprint density at radius 1 is 1.19 bits per heavy atom. The highest BCUT2D eigenvalue weighted by Gasteiger charge is 2.54. The highest BCUT2D eigenvalue weighted by Crippen LogP contribution is 2.38. The smallest absolute Gasteiger partial charge is 0.322 e. The zero-order chi connectivity index (χ0) is 18.1. The quantitative estimate of drug-likeness (QED) is 0.652. The van der Waals surface area contributed by atoms with Gasteiger partial charge >= 0.3 is 6.03 Å². The number of amides is 4. The predicted octanol–water partition coefficient (Wildman–Crippen LogP) is -0.213. The number of nitrogens with zero attached hydrogens (tertiary/aromatic N) is 4. The highest BCUT2D eigenvalue weighted by atomic mass is 16.2. The second kappa shape index (κ2) is 6.21. The number of aromatic nitrogens is 4. The third-order valence-corrected chi connectivity index (χ3v) is 4.98. The maximum Gasteiger partial charge on any atom is 0.322 e. The molecule has 10 heteroatoms. The minimum absolute atomic E-state index is 0.178. The van der Waals surface area contributed by atoms with Crippen LogP contribution in [0, 0.1) is 5.92 Å². The molecule has 2 aromatic rings. The largest absolute Gasteiger partial charge is 0.336 e. The molecule has 2 aliphatic rings. The Kier molecular flexibility index (Phi) is 3.86. The number of imide groups is 1. The number of hydrogen-bond donors (Lipinski definition) is 3. The number of H-pyrrole nitrogens is 1. The van der Waals surface area contributed by atoms with E-state index in [9.17, 15) is 14.4 Å². The molecule has 3 N–H and O–H groups in total. The molecule has 2 fully saturated rings. The zero-order valence-electron chi connectivity index (χ0n) is 13.8. The van der Waals surface area contributed by atoms with Crippen LogP contribution < -0.4 is 10.6 Å². The second-order valence-corrected chi connectivity index (χ2v) is 6.33.